The van der Waals surface area contributed by atoms with E-state index in [1.807, 2.05) is 0 Å². The van der Waals surface area contributed by atoms with Crippen molar-refractivity contribution in [1.29, 1.82) is 0 Å². The molecule has 0 bridgehead atoms. The van der Waals surface area contributed by atoms with Crippen LogP contribution in [-0.2, 0) is 9.53 Å². The van der Waals surface area contributed by atoms with Crippen LogP contribution in [0, 0.1) is 0 Å². The number of carbonyl (C=O) groups is 2. The van der Waals surface area contributed by atoms with Crippen molar-refractivity contribution in [3.8, 4) is 5.75 Å². The average molecular weight is 346 g/mol. The van der Waals surface area contributed by atoms with Gasteiger partial charge in [0.15, 0.2) is 5.60 Å². The van der Waals surface area contributed by atoms with Gasteiger partial charge in [-0.2, -0.15) is 0 Å². The van der Waals surface area contributed by atoms with Gasteiger partial charge in [-0.15, -0.1) is 0 Å². The summed E-state index contributed by atoms with van der Waals surface area (Å²) in [5.74, 6) is -0.895. The lowest BCUT2D eigenvalue weighted by molar-refractivity contribution is -0.159. The van der Waals surface area contributed by atoms with Gasteiger partial charge in [0.2, 0.25) is 0 Å². The number of hydrogen-bond acceptors (Lipinski definition) is 5. The van der Waals surface area contributed by atoms with E-state index in [9.17, 15) is 14.7 Å². The number of aliphatic hydroxyl groups is 1. The molecule has 1 unspecified atom stereocenters. The van der Waals surface area contributed by atoms with Crippen LogP contribution in [0.3, 0.4) is 0 Å². The minimum absolute atomic E-state index is 0.266. The van der Waals surface area contributed by atoms with E-state index in [1.165, 1.54) is 14.0 Å². The molecule has 6 nitrogen and oxygen atoms in total. The molecule has 110 valence electrons. The molecule has 1 amide bonds. The maximum atomic E-state index is 12.0. The van der Waals surface area contributed by atoms with Crippen LogP contribution in [0.2, 0.25) is 0 Å². The van der Waals surface area contributed by atoms with E-state index < -0.39 is 17.5 Å². The van der Waals surface area contributed by atoms with E-state index in [-0.39, 0.29) is 6.54 Å². The summed E-state index contributed by atoms with van der Waals surface area (Å²) in [6.45, 7) is 0.996. The first-order valence-corrected chi connectivity index (χ1v) is 6.53. The first kappa shape index (κ1) is 16.5. The minimum atomic E-state index is -1.78. The fourth-order valence-electron chi connectivity index (χ4n) is 1.49. The highest BCUT2D eigenvalue weighted by Gasteiger charge is 2.32. The van der Waals surface area contributed by atoms with Crippen LogP contribution in [0.5, 0.6) is 5.75 Å². The van der Waals surface area contributed by atoms with Gasteiger partial charge in [0.1, 0.15) is 5.75 Å². The van der Waals surface area contributed by atoms with Gasteiger partial charge in [-0.3, -0.25) is 4.79 Å². The van der Waals surface area contributed by atoms with E-state index in [0.717, 1.165) is 11.6 Å². The summed E-state index contributed by atoms with van der Waals surface area (Å²) in [7, 11) is 2.61. The highest BCUT2D eigenvalue weighted by Crippen LogP contribution is 2.23. The number of hydrogen-bond donors (Lipinski definition) is 2. The van der Waals surface area contributed by atoms with Crippen LogP contribution in [0.15, 0.2) is 22.7 Å². The number of halogens is 1. The standard InChI is InChI=1S/C13H16BrNO5/c1-13(18,12(17)20-3)7-15-11(16)9-5-4-8(14)6-10(9)19-2/h4-6,18H,7H2,1-3H3,(H,15,16). The van der Waals surface area contributed by atoms with E-state index in [4.69, 9.17) is 4.74 Å². The first-order chi connectivity index (χ1) is 9.31. The minimum Gasteiger partial charge on any atom is -0.496 e. The molecule has 1 aromatic rings. The molecule has 0 aliphatic heterocycles. The van der Waals surface area contributed by atoms with Crippen molar-refractivity contribution in [1.82, 2.24) is 5.32 Å². The van der Waals surface area contributed by atoms with Gasteiger partial charge < -0.3 is 19.9 Å². The molecule has 0 aromatic heterocycles. The first-order valence-electron chi connectivity index (χ1n) is 5.74. The smallest absolute Gasteiger partial charge is 0.339 e. The number of ether oxygens (including phenoxy) is 2. The zero-order valence-electron chi connectivity index (χ0n) is 11.4. The van der Waals surface area contributed by atoms with Crippen LogP contribution in [0.1, 0.15) is 17.3 Å². The summed E-state index contributed by atoms with van der Waals surface area (Å²) < 4.78 is 10.3. The van der Waals surface area contributed by atoms with E-state index in [1.54, 1.807) is 18.2 Å². The summed E-state index contributed by atoms with van der Waals surface area (Å²) in [4.78, 5) is 23.3. The molecule has 1 rings (SSSR count). The second-order valence-electron chi connectivity index (χ2n) is 4.29. The summed E-state index contributed by atoms with van der Waals surface area (Å²) in [5, 5.41) is 12.3. The third kappa shape index (κ3) is 3.94. The molecule has 2 N–H and O–H groups in total. The van der Waals surface area contributed by atoms with Crippen LogP contribution in [-0.4, -0.2) is 43.3 Å². The Morgan fingerprint density at radius 1 is 1.40 bits per heavy atom. The highest BCUT2D eigenvalue weighted by molar-refractivity contribution is 9.10. The zero-order chi connectivity index (χ0) is 15.3. The monoisotopic (exact) mass is 345 g/mol. The number of carbonyl (C=O) groups excluding carboxylic acids is 2. The van der Waals surface area contributed by atoms with Crippen molar-refractivity contribution >= 4 is 27.8 Å². The molecule has 0 fully saturated rings. The molecular formula is C13H16BrNO5. The van der Waals surface area contributed by atoms with E-state index >= 15 is 0 Å². The fraction of sp³-hybridized carbons (Fsp3) is 0.385. The summed E-state index contributed by atoms with van der Waals surface area (Å²) in [6.07, 6.45) is 0. The Balaban J connectivity index is 2.80. The molecule has 0 saturated carbocycles. The second kappa shape index (κ2) is 6.71. The van der Waals surface area contributed by atoms with Crippen molar-refractivity contribution in [2.45, 2.75) is 12.5 Å². The zero-order valence-corrected chi connectivity index (χ0v) is 13.0. The van der Waals surface area contributed by atoms with Gasteiger partial charge in [0.05, 0.1) is 26.3 Å². The second-order valence-corrected chi connectivity index (χ2v) is 5.21. The quantitative estimate of drug-likeness (QED) is 0.781. The number of benzene rings is 1. The van der Waals surface area contributed by atoms with E-state index in [2.05, 4.69) is 26.0 Å². The van der Waals surface area contributed by atoms with Crippen LogP contribution in [0.25, 0.3) is 0 Å². The molecule has 1 aromatic carbocycles. The molecule has 0 spiro atoms. The average Bonchev–Trinajstić information content (AvgIpc) is 2.43. The third-order valence-corrected chi connectivity index (χ3v) is 3.12. The van der Waals surface area contributed by atoms with Crippen LogP contribution in [0.4, 0.5) is 0 Å². The normalized spacial score (nSPS) is 13.2. The Bertz CT molecular complexity index is 515. The van der Waals surface area contributed by atoms with Crippen LogP contribution < -0.4 is 10.1 Å². The highest BCUT2D eigenvalue weighted by atomic mass is 79.9. The Morgan fingerprint density at radius 2 is 2.05 bits per heavy atom. The Morgan fingerprint density at radius 3 is 2.60 bits per heavy atom. The molecule has 0 radical (unpaired) electrons. The lowest BCUT2D eigenvalue weighted by Gasteiger charge is -2.20. The summed E-state index contributed by atoms with van der Waals surface area (Å²) >= 11 is 3.27. The molecular weight excluding hydrogens is 330 g/mol. The Hall–Kier alpha value is -1.60. The van der Waals surface area contributed by atoms with Crippen molar-refractivity contribution in [3.63, 3.8) is 0 Å². The Kier molecular flexibility index (Phi) is 5.52. The lowest BCUT2D eigenvalue weighted by atomic mass is 10.1. The number of esters is 1. The number of rotatable bonds is 5. The van der Waals surface area contributed by atoms with Crippen molar-refractivity contribution in [2.24, 2.45) is 0 Å². The SMILES string of the molecule is COC(=O)C(C)(O)CNC(=O)c1ccc(Br)cc1OC. The molecule has 0 aliphatic carbocycles. The van der Waals surface area contributed by atoms with Gasteiger partial charge in [-0.25, -0.2) is 4.79 Å². The topological polar surface area (TPSA) is 84.9 Å². The number of methoxy groups -OCH3 is 2. The number of nitrogens with one attached hydrogen (secondary N) is 1. The fourth-order valence-corrected chi connectivity index (χ4v) is 1.83. The molecule has 1 atom stereocenters. The van der Waals surface area contributed by atoms with E-state index in [0.29, 0.717) is 11.3 Å². The molecule has 7 heteroatoms. The van der Waals surface area contributed by atoms with Gasteiger partial charge >= 0.3 is 5.97 Å². The van der Waals surface area contributed by atoms with Gasteiger partial charge in [0, 0.05) is 4.47 Å². The third-order valence-electron chi connectivity index (χ3n) is 2.63. The molecule has 0 aliphatic rings. The largest absolute Gasteiger partial charge is 0.496 e. The summed E-state index contributed by atoms with van der Waals surface area (Å²) in [6, 6.07) is 4.91. The van der Waals surface area contributed by atoms with Crippen molar-refractivity contribution in [2.75, 3.05) is 20.8 Å². The molecule has 0 saturated heterocycles. The van der Waals surface area contributed by atoms with Crippen molar-refractivity contribution < 1.29 is 24.2 Å². The van der Waals surface area contributed by atoms with Crippen LogP contribution >= 0.6 is 15.9 Å². The lowest BCUT2D eigenvalue weighted by Crippen LogP contribution is -2.47. The van der Waals surface area contributed by atoms with Gasteiger partial charge in [-0.1, -0.05) is 15.9 Å². The Labute approximate surface area is 125 Å². The molecule has 0 heterocycles. The summed E-state index contributed by atoms with van der Waals surface area (Å²) in [5.41, 5.74) is -1.48. The van der Waals surface area contributed by atoms with Gasteiger partial charge in [0.25, 0.3) is 5.91 Å². The van der Waals surface area contributed by atoms with Crippen molar-refractivity contribution in [3.05, 3.63) is 28.2 Å². The predicted octanol–water partition coefficient (Wildman–Crippen LogP) is 1.11. The maximum Gasteiger partial charge on any atom is 0.339 e. The molecule has 20 heavy (non-hydrogen) atoms. The van der Waals surface area contributed by atoms with Gasteiger partial charge in [-0.05, 0) is 25.1 Å². The maximum absolute atomic E-state index is 12.0. The predicted molar refractivity (Wildman–Crippen MR) is 75.7 cm³/mol. The number of amides is 1.